The maximum Gasteiger partial charge on any atom is 0.239 e. The highest BCUT2D eigenvalue weighted by atomic mass is 16.2. The van der Waals surface area contributed by atoms with Crippen LogP contribution in [-0.4, -0.2) is 31.0 Å². The summed E-state index contributed by atoms with van der Waals surface area (Å²) in [6.45, 7) is 3.05. The molecule has 0 fully saturated rings. The first kappa shape index (κ1) is 14.1. The van der Waals surface area contributed by atoms with E-state index in [1.807, 2.05) is 43.1 Å². The summed E-state index contributed by atoms with van der Waals surface area (Å²) in [7, 11) is 1.89. The van der Waals surface area contributed by atoms with E-state index in [0.29, 0.717) is 18.8 Å². The summed E-state index contributed by atoms with van der Waals surface area (Å²) in [5.41, 5.74) is 8.30. The lowest BCUT2D eigenvalue weighted by Crippen LogP contribution is -2.35. The molecule has 1 heterocycles. The first-order chi connectivity index (χ1) is 9.63. The predicted molar refractivity (Wildman–Crippen MR) is 82.7 cm³/mol. The number of fused-ring (bicyclic) bond motifs is 1. The van der Waals surface area contributed by atoms with E-state index >= 15 is 0 Å². The summed E-state index contributed by atoms with van der Waals surface area (Å²) >= 11 is 0. The van der Waals surface area contributed by atoms with Gasteiger partial charge >= 0.3 is 0 Å². The third-order valence-electron chi connectivity index (χ3n) is 3.14. The zero-order valence-electron chi connectivity index (χ0n) is 11.9. The second-order valence-electron chi connectivity index (χ2n) is 4.78. The number of aromatic nitrogens is 1. The maximum absolute atomic E-state index is 11.8. The van der Waals surface area contributed by atoms with Crippen LogP contribution in [0.2, 0.25) is 0 Å². The molecule has 2 rings (SSSR count). The Balaban J connectivity index is 2.24. The van der Waals surface area contributed by atoms with Crippen molar-refractivity contribution in [2.75, 3.05) is 30.8 Å². The number of nitrogen functional groups attached to an aromatic ring is 1. The molecule has 0 radical (unpaired) electrons. The van der Waals surface area contributed by atoms with Crippen LogP contribution >= 0.6 is 0 Å². The number of carbonyl (C=O) groups is 1. The summed E-state index contributed by atoms with van der Waals surface area (Å²) in [4.78, 5) is 18.0. The molecular weight excluding hydrogens is 252 g/mol. The van der Waals surface area contributed by atoms with Gasteiger partial charge in [0.1, 0.15) is 0 Å². The van der Waals surface area contributed by atoms with Gasteiger partial charge in [-0.1, -0.05) is 6.92 Å². The number of amides is 1. The molecule has 3 N–H and O–H groups in total. The van der Waals surface area contributed by atoms with Gasteiger partial charge in [-0.15, -0.1) is 0 Å². The van der Waals surface area contributed by atoms with Crippen molar-refractivity contribution in [3.8, 4) is 0 Å². The topological polar surface area (TPSA) is 71.2 Å². The third-order valence-corrected chi connectivity index (χ3v) is 3.14. The Hall–Kier alpha value is -2.30. The van der Waals surface area contributed by atoms with Crippen LogP contribution < -0.4 is 16.0 Å². The molecule has 5 heteroatoms. The zero-order valence-corrected chi connectivity index (χ0v) is 11.9. The monoisotopic (exact) mass is 272 g/mol. The number of hydrogen-bond acceptors (Lipinski definition) is 4. The van der Waals surface area contributed by atoms with Gasteiger partial charge in [0.15, 0.2) is 0 Å². The number of carbonyl (C=O) groups excluding carboxylic acids is 1. The highest BCUT2D eigenvalue weighted by Crippen LogP contribution is 2.28. The van der Waals surface area contributed by atoms with Crippen LogP contribution in [0.1, 0.15) is 13.3 Å². The van der Waals surface area contributed by atoms with Crippen molar-refractivity contribution < 1.29 is 4.79 Å². The van der Waals surface area contributed by atoms with E-state index in [1.165, 1.54) is 0 Å². The van der Waals surface area contributed by atoms with Crippen LogP contribution in [0.3, 0.4) is 0 Å². The lowest BCUT2D eigenvalue weighted by molar-refractivity contribution is -0.119. The van der Waals surface area contributed by atoms with E-state index in [1.54, 1.807) is 6.20 Å². The van der Waals surface area contributed by atoms with Crippen LogP contribution in [-0.2, 0) is 4.79 Å². The summed E-state index contributed by atoms with van der Waals surface area (Å²) in [5, 5.41) is 3.83. The standard InChI is InChI=1S/C15H20N4O/c1-3-8-17-14(20)10-19(2)13-7-6-12(16)15-11(13)5-4-9-18-15/h4-7,9H,3,8,10,16H2,1-2H3,(H,17,20). The molecule has 0 saturated carbocycles. The summed E-state index contributed by atoms with van der Waals surface area (Å²) < 4.78 is 0. The lowest BCUT2D eigenvalue weighted by atomic mass is 10.1. The van der Waals surface area contributed by atoms with Crippen molar-refractivity contribution in [3.05, 3.63) is 30.5 Å². The first-order valence-corrected chi connectivity index (χ1v) is 6.74. The van der Waals surface area contributed by atoms with Gasteiger partial charge < -0.3 is 16.0 Å². The van der Waals surface area contributed by atoms with Gasteiger partial charge in [0, 0.05) is 30.9 Å². The average molecular weight is 272 g/mol. The van der Waals surface area contributed by atoms with Gasteiger partial charge in [0.05, 0.1) is 17.7 Å². The Morgan fingerprint density at radius 2 is 2.20 bits per heavy atom. The van der Waals surface area contributed by atoms with Gasteiger partial charge in [0.25, 0.3) is 0 Å². The second-order valence-corrected chi connectivity index (χ2v) is 4.78. The maximum atomic E-state index is 11.8. The Kier molecular flexibility index (Phi) is 4.40. The predicted octanol–water partition coefficient (Wildman–Crippen LogP) is 1.78. The Morgan fingerprint density at radius 1 is 1.40 bits per heavy atom. The lowest BCUT2D eigenvalue weighted by Gasteiger charge is -2.21. The van der Waals surface area contributed by atoms with E-state index in [9.17, 15) is 4.79 Å². The summed E-state index contributed by atoms with van der Waals surface area (Å²) in [5.74, 6) is 0.0169. The molecule has 0 aliphatic carbocycles. The van der Waals surface area contributed by atoms with Gasteiger partial charge in [-0.25, -0.2) is 0 Å². The molecular formula is C15H20N4O. The largest absolute Gasteiger partial charge is 0.397 e. The van der Waals surface area contributed by atoms with Gasteiger partial charge in [-0.3, -0.25) is 9.78 Å². The number of rotatable bonds is 5. The molecule has 2 aromatic rings. The average Bonchev–Trinajstić information content (AvgIpc) is 2.45. The normalized spacial score (nSPS) is 10.5. The minimum absolute atomic E-state index is 0.0169. The van der Waals surface area contributed by atoms with Crippen molar-refractivity contribution in [1.29, 1.82) is 0 Å². The molecule has 0 spiro atoms. The minimum atomic E-state index is 0.0169. The van der Waals surface area contributed by atoms with E-state index < -0.39 is 0 Å². The number of nitrogens with two attached hydrogens (primary N) is 1. The molecule has 20 heavy (non-hydrogen) atoms. The Labute approximate surface area is 118 Å². The van der Waals surface area contributed by atoms with Gasteiger partial charge in [-0.2, -0.15) is 0 Å². The van der Waals surface area contributed by atoms with Crippen LogP contribution in [0.15, 0.2) is 30.5 Å². The summed E-state index contributed by atoms with van der Waals surface area (Å²) in [6.07, 6.45) is 2.65. The zero-order chi connectivity index (χ0) is 14.5. The number of nitrogens with zero attached hydrogens (tertiary/aromatic N) is 2. The van der Waals surface area contributed by atoms with Crippen LogP contribution in [0.5, 0.6) is 0 Å². The summed E-state index contributed by atoms with van der Waals surface area (Å²) in [6, 6.07) is 7.59. The molecule has 0 unspecified atom stereocenters. The second kappa shape index (κ2) is 6.23. The van der Waals surface area contributed by atoms with Crippen molar-refractivity contribution >= 4 is 28.2 Å². The molecule has 1 amide bonds. The highest BCUT2D eigenvalue weighted by molar-refractivity contribution is 5.99. The number of pyridine rings is 1. The fraction of sp³-hybridized carbons (Fsp3) is 0.333. The molecule has 0 bridgehead atoms. The number of likely N-dealkylation sites (N-methyl/N-ethyl adjacent to an activating group) is 1. The van der Waals surface area contributed by atoms with E-state index in [2.05, 4.69) is 10.3 Å². The van der Waals surface area contributed by atoms with Crippen molar-refractivity contribution in [2.45, 2.75) is 13.3 Å². The number of hydrogen-bond donors (Lipinski definition) is 2. The molecule has 1 aromatic heterocycles. The number of nitrogens with one attached hydrogen (secondary N) is 1. The first-order valence-electron chi connectivity index (χ1n) is 6.74. The van der Waals surface area contributed by atoms with Crippen LogP contribution in [0, 0.1) is 0 Å². The minimum Gasteiger partial charge on any atom is -0.397 e. The fourth-order valence-corrected chi connectivity index (χ4v) is 2.13. The van der Waals surface area contributed by atoms with Crippen LogP contribution in [0.4, 0.5) is 11.4 Å². The Morgan fingerprint density at radius 3 is 2.95 bits per heavy atom. The molecule has 0 aliphatic heterocycles. The van der Waals surface area contributed by atoms with Gasteiger partial charge in [0.2, 0.25) is 5.91 Å². The van der Waals surface area contributed by atoms with E-state index in [4.69, 9.17) is 5.73 Å². The molecule has 0 atom stereocenters. The molecule has 5 nitrogen and oxygen atoms in total. The molecule has 0 aliphatic rings. The third kappa shape index (κ3) is 2.99. The number of anilines is 2. The smallest absolute Gasteiger partial charge is 0.239 e. The Bertz CT molecular complexity index is 612. The van der Waals surface area contributed by atoms with E-state index in [-0.39, 0.29) is 5.91 Å². The fourth-order valence-electron chi connectivity index (χ4n) is 2.13. The molecule has 106 valence electrons. The molecule has 1 aromatic carbocycles. The number of benzene rings is 1. The SMILES string of the molecule is CCCNC(=O)CN(C)c1ccc(N)c2ncccc12. The van der Waals surface area contributed by atoms with Crippen molar-refractivity contribution in [2.24, 2.45) is 0 Å². The van der Waals surface area contributed by atoms with Crippen LogP contribution in [0.25, 0.3) is 10.9 Å². The quantitative estimate of drug-likeness (QED) is 0.814. The van der Waals surface area contributed by atoms with Crippen molar-refractivity contribution in [3.63, 3.8) is 0 Å². The van der Waals surface area contributed by atoms with Crippen molar-refractivity contribution in [1.82, 2.24) is 10.3 Å². The van der Waals surface area contributed by atoms with Gasteiger partial charge in [-0.05, 0) is 30.7 Å². The highest BCUT2D eigenvalue weighted by Gasteiger charge is 2.11. The molecule has 0 saturated heterocycles. The van der Waals surface area contributed by atoms with E-state index in [0.717, 1.165) is 23.0 Å².